The fraction of sp³-hybridized carbons (Fsp3) is 0.652. The number of hydrogen-bond donors (Lipinski definition) is 0. The van der Waals surface area contributed by atoms with E-state index in [0.29, 0.717) is 12.2 Å². The molecular formula is C23H34N2O2. The Morgan fingerprint density at radius 3 is 2.48 bits per heavy atom. The van der Waals surface area contributed by atoms with E-state index >= 15 is 0 Å². The number of allylic oxidation sites excluding steroid dienone is 2. The Morgan fingerprint density at radius 1 is 1.04 bits per heavy atom. The summed E-state index contributed by atoms with van der Waals surface area (Å²) in [4.78, 5) is 5.16. The van der Waals surface area contributed by atoms with Crippen LogP contribution in [0.1, 0.15) is 58.4 Å². The average molecular weight is 371 g/mol. The first-order valence-electron chi connectivity index (χ1n) is 10.7. The molecule has 1 aromatic rings. The molecule has 4 heteroatoms. The van der Waals surface area contributed by atoms with Gasteiger partial charge in [-0.05, 0) is 49.3 Å². The highest BCUT2D eigenvalue weighted by Crippen LogP contribution is 2.46. The fourth-order valence-electron chi connectivity index (χ4n) is 4.56. The molecule has 0 bridgehead atoms. The first-order chi connectivity index (χ1) is 13.1. The van der Waals surface area contributed by atoms with Crippen LogP contribution in [-0.2, 0) is 0 Å². The topological polar surface area (TPSA) is 24.9 Å². The van der Waals surface area contributed by atoms with Crippen molar-refractivity contribution in [3.05, 3.63) is 23.8 Å². The molecule has 0 atom stereocenters. The van der Waals surface area contributed by atoms with Crippen molar-refractivity contribution in [1.29, 1.82) is 0 Å². The highest BCUT2D eigenvalue weighted by Gasteiger charge is 2.29. The van der Waals surface area contributed by atoms with E-state index in [1.54, 1.807) is 0 Å². The lowest BCUT2D eigenvalue weighted by molar-refractivity contribution is 0.174. The van der Waals surface area contributed by atoms with Crippen molar-refractivity contribution in [2.45, 2.75) is 52.9 Å². The van der Waals surface area contributed by atoms with E-state index in [4.69, 9.17) is 9.47 Å². The highest BCUT2D eigenvalue weighted by molar-refractivity contribution is 5.81. The van der Waals surface area contributed by atoms with Gasteiger partial charge in [0.15, 0.2) is 11.5 Å². The van der Waals surface area contributed by atoms with Crippen molar-refractivity contribution in [1.82, 2.24) is 4.90 Å². The van der Waals surface area contributed by atoms with E-state index in [0.717, 1.165) is 44.1 Å². The second kappa shape index (κ2) is 7.75. The zero-order chi connectivity index (χ0) is 18.9. The normalized spacial score (nSPS) is 22.0. The lowest BCUT2D eigenvalue weighted by atomic mass is 9.75. The molecule has 27 heavy (non-hydrogen) atoms. The first-order valence-corrected chi connectivity index (χ1v) is 10.7. The van der Waals surface area contributed by atoms with E-state index in [1.165, 1.54) is 49.1 Å². The number of nitrogens with zero attached hydrogens (tertiary/aromatic N) is 2. The summed E-state index contributed by atoms with van der Waals surface area (Å²) in [5.41, 5.74) is 4.54. The lowest BCUT2D eigenvalue weighted by Gasteiger charge is -2.38. The van der Waals surface area contributed by atoms with Crippen LogP contribution in [-0.4, -0.2) is 44.4 Å². The van der Waals surface area contributed by atoms with Crippen LogP contribution in [0.15, 0.2) is 18.2 Å². The van der Waals surface area contributed by atoms with E-state index < -0.39 is 0 Å². The lowest BCUT2D eigenvalue weighted by Crippen LogP contribution is -2.46. The molecule has 1 aromatic carbocycles. The van der Waals surface area contributed by atoms with Gasteiger partial charge in [0.2, 0.25) is 6.79 Å². The molecule has 0 spiro atoms. The molecule has 1 fully saturated rings. The molecule has 0 saturated carbocycles. The van der Waals surface area contributed by atoms with Gasteiger partial charge in [-0.3, -0.25) is 4.90 Å². The number of ether oxygens (including phenoxy) is 2. The summed E-state index contributed by atoms with van der Waals surface area (Å²) < 4.78 is 11.4. The molecule has 148 valence electrons. The van der Waals surface area contributed by atoms with Gasteiger partial charge >= 0.3 is 0 Å². The van der Waals surface area contributed by atoms with Gasteiger partial charge in [-0.15, -0.1) is 0 Å². The number of benzene rings is 1. The van der Waals surface area contributed by atoms with Crippen molar-refractivity contribution in [3.8, 4) is 11.5 Å². The van der Waals surface area contributed by atoms with Gasteiger partial charge in [-0.1, -0.05) is 33.3 Å². The fourth-order valence-corrected chi connectivity index (χ4v) is 4.56. The van der Waals surface area contributed by atoms with Crippen LogP contribution in [0.5, 0.6) is 11.5 Å². The zero-order valence-corrected chi connectivity index (χ0v) is 17.2. The van der Waals surface area contributed by atoms with Gasteiger partial charge < -0.3 is 14.4 Å². The second-order valence-electron chi connectivity index (χ2n) is 9.01. The third-order valence-electron chi connectivity index (χ3n) is 6.26. The summed E-state index contributed by atoms with van der Waals surface area (Å²) in [5.74, 6) is 1.80. The van der Waals surface area contributed by atoms with Crippen molar-refractivity contribution in [2.75, 3.05) is 44.4 Å². The molecule has 3 aliphatic rings. The maximum Gasteiger partial charge on any atom is 0.231 e. The predicted molar refractivity (Wildman–Crippen MR) is 112 cm³/mol. The number of fused-ring (bicyclic) bond motifs is 1. The molecule has 1 aliphatic carbocycles. The highest BCUT2D eigenvalue weighted by atomic mass is 16.7. The van der Waals surface area contributed by atoms with Crippen molar-refractivity contribution in [2.24, 2.45) is 5.41 Å². The van der Waals surface area contributed by atoms with Gasteiger partial charge in [-0.2, -0.15) is 0 Å². The Balaban J connectivity index is 1.60. The maximum absolute atomic E-state index is 5.71. The van der Waals surface area contributed by atoms with Crippen molar-refractivity contribution >= 4 is 11.3 Å². The molecule has 0 amide bonds. The number of piperazine rings is 1. The minimum atomic E-state index is 0.341. The van der Waals surface area contributed by atoms with Crippen LogP contribution in [0, 0.1) is 5.41 Å². The standard InChI is InChI=1S/C23H34N2O2/c1-4-5-9-24-10-12-25(13-11-24)20-15-22-21(26-17-27-22)14-19(20)18-7-6-8-23(2,3)16-18/h7,14-15H,4-6,8-13,16-17H2,1-3H3. The van der Waals surface area contributed by atoms with E-state index in [9.17, 15) is 0 Å². The van der Waals surface area contributed by atoms with Crippen LogP contribution in [0.25, 0.3) is 5.57 Å². The van der Waals surface area contributed by atoms with Crippen LogP contribution in [0.2, 0.25) is 0 Å². The third-order valence-corrected chi connectivity index (χ3v) is 6.26. The average Bonchev–Trinajstić information content (AvgIpc) is 3.12. The van der Waals surface area contributed by atoms with Gasteiger partial charge in [-0.25, -0.2) is 0 Å². The van der Waals surface area contributed by atoms with Crippen LogP contribution < -0.4 is 14.4 Å². The molecule has 1 saturated heterocycles. The quantitative estimate of drug-likeness (QED) is 0.734. The van der Waals surface area contributed by atoms with Crippen LogP contribution in [0.4, 0.5) is 5.69 Å². The molecule has 2 aliphatic heterocycles. The summed E-state index contributed by atoms with van der Waals surface area (Å²) in [6.45, 7) is 13.1. The first kappa shape index (κ1) is 18.7. The van der Waals surface area contributed by atoms with Gasteiger partial charge in [0.1, 0.15) is 0 Å². The largest absolute Gasteiger partial charge is 0.454 e. The summed E-state index contributed by atoms with van der Waals surface area (Å²) in [6, 6.07) is 4.45. The number of unbranched alkanes of at least 4 members (excludes halogenated alkanes) is 1. The second-order valence-corrected chi connectivity index (χ2v) is 9.01. The SMILES string of the molecule is CCCCN1CCN(c2cc3c(cc2C2=CCCC(C)(C)C2)OCO3)CC1. The van der Waals surface area contributed by atoms with Crippen LogP contribution in [0.3, 0.4) is 0 Å². The molecule has 4 rings (SSSR count). The van der Waals surface area contributed by atoms with Gasteiger partial charge in [0.25, 0.3) is 0 Å². The smallest absolute Gasteiger partial charge is 0.231 e. The molecule has 0 unspecified atom stereocenters. The molecule has 4 nitrogen and oxygen atoms in total. The Hall–Kier alpha value is -1.68. The summed E-state index contributed by atoms with van der Waals surface area (Å²) in [5, 5.41) is 0. The molecule has 0 radical (unpaired) electrons. The van der Waals surface area contributed by atoms with Crippen molar-refractivity contribution in [3.63, 3.8) is 0 Å². The van der Waals surface area contributed by atoms with E-state index in [2.05, 4.69) is 48.8 Å². The van der Waals surface area contributed by atoms with Gasteiger partial charge in [0.05, 0.1) is 0 Å². The Morgan fingerprint density at radius 2 is 1.78 bits per heavy atom. The Bertz CT molecular complexity index is 703. The number of anilines is 1. The van der Waals surface area contributed by atoms with E-state index in [-0.39, 0.29) is 0 Å². The third kappa shape index (κ3) is 4.11. The summed E-state index contributed by atoms with van der Waals surface area (Å²) >= 11 is 0. The molecule has 0 aromatic heterocycles. The zero-order valence-electron chi connectivity index (χ0n) is 17.2. The monoisotopic (exact) mass is 370 g/mol. The van der Waals surface area contributed by atoms with Gasteiger partial charge in [0, 0.05) is 43.5 Å². The number of rotatable bonds is 5. The minimum absolute atomic E-state index is 0.341. The van der Waals surface area contributed by atoms with Crippen LogP contribution >= 0.6 is 0 Å². The van der Waals surface area contributed by atoms with E-state index in [1.807, 2.05) is 0 Å². The number of hydrogen-bond acceptors (Lipinski definition) is 4. The maximum atomic E-state index is 5.71. The summed E-state index contributed by atoms with van der Waals surface area (Å²) in [7, 11) is 0. The molecule has 0 N–H and O–H groups in total. The Labute approximate surface area is 164 Å². The predicted octanol–water partition coefficient (Wildman–Crippen LogP) is 4.93. The minimum Gasteiger partial charge on any atom is -0.454 e. The molecular weight excluding hydrogens is 336 g/mol. The molecule has 2 heterocycles. The summed E-state index contributed by atoms with van der Waals surface area (Å²) in [6.07, 6.45) is 8.60. The Kier molecular flexibility index (Phi) is 5.36. The van der Waals surface area contributed by atoms with Crippen molar-refractivity contribution < 1.29 is 9.47 Å².